The fourth-order valence-corrected chi connectivity index (χ4v) is 2.24. The lowest BCUT2D eigenvalue weighted by atomic mass is 10.2. The zero-order valence-electron chi connectivity index (χ0n) is 10.1. The lowest BCUT2D eigenvalue weighted by Gasteiger charge is -2.14. The van der Waals surface area contributed by atoms with Gasteiger partial charge in [0.1, 0.15) is 11.3 Å². The Hall–Kier alpha value is -2.30. The second kappa shape index (κ2) is 4.18. The minimum absolute atomic E-state index is 0.184. The van der Waals surface area contributed by atoms with Crippen molar-refractivity contribution in [3.63, 3.8) is 0 Å². The van der Waals surface area contributed by atoms with Gasteiger partial charge in [-0.15, -0.1) is 0 Å². The van der Waals surface area contributed by atoms with E-state index in [0.717, 1.165) is 23.2 Å². The second-order valence-corrected chi connectivity index (χ2v) is 4.34. The van der Waals surface area contributed by atoms with Crippen molar-refractivity contribution in [1.29, 1.82) is 0 Å². The summed E-state index contributed by atoms with van der Waals surface area (Å²) in [5.74, 6) is 1.45. The van der Waals surface area contributed by atoms with Gasteiger partial charge < -0.3 is 14.7 Å². The van der Waals surface area contributed by atoms with E-state index >= 15 is 0 Å². The van der Waals surface area contributed by atoms with Gasteiger partial charge in [0.25, 0.3) is 0 Å². The highest BCUT2D eigenvalue weighted by Crippen LogP contribution is 2.24. The number of furan rings is 1. The first-order chi connectivity index (χ1) is 8.75. The smallest absolute Gasteiger partial charge is 0.201 e. The Kier molecular flexibility index (Phi) is 2.51. The van der Waals surface area contributed by atoms with Crippen LogP contribution < -0.4 is 5.73 Å². The predicted octanol–water partition coefficient (Wildman–Crippen LogP) is 2.41. The minimum Gasteiger partial charge on any atom is -0.469 e. The molecule has 0 spiro atoms. The number of imidazole rings is 1. The molecule has 18 heavy (non-hydrogen) atoms. The molecule has 0 saturated carbocycles. The van der Waals surface area contributed by atoms with Crippen LogP contribution >= 0.6 is 0 Å². The summed E-state index contributed by atoms with van der Waals surface area (Å²) in [4.78, 5) is 8.36. The molecular formula is C13H14N4O. The third-order valence-corrected chi connectivity index (χ3v) is 3.04. The van der Waals surface area contributed by atoms with Crippen molar-refractivity contribution in [2.45, 2.75) is 19.4 Å². The van der Waals surface area contributed by atoms with Crippen LogP contribution in [-0.2, 0) is 6.42 Å². The Bertz CT molecular complexity index is 657. The maximum absolute atomic E-state index is 5.98. The Morgan fingerprint density at radius 2 is 2.33 bits per heavy atom. The zero-order valence-corrected chi connectivity index (χ0v) is 10.1. The Morgan fingerprint density at radius 3 is 3.11 bits per heavy atom. The van der Waals surface area contributed by atoms with Crippen LogP contribution in [0.3, 0.4) is 0 Å². The van der Waals surface area contributed by atoms with E-state index in [1.165, 1.54) is 0 Å². The number of anilines is 1. The van der Waals surface area contributed by atoms with Gasteiger partial charge in [-0.2, -0.15) is 0 Å². The van der Waals surface area contributed by atoms with Crippen molar-refractivity contribution in [3.8, 4) is 0 Å². The van der Waals surface area contributed by atoms with E-state index in [0.29, 0.717) is 5.95 Å². The molecule has 0 aliphatic rings. The van der Waals surface area contributed by atoms with Crippen LogP contribution in [0.4, 0.5) is 5.95 Å². The average molecular weight is 242 g/mol. The number of pyridine rings is 1. The van der Waals surface area contributed by atoms with Crippen molar-refractivity contribution >= 4 is 17.0 Å². The molecule has 5 nitrogen and oxygen atoms in total. The van der Waals surface area contributed by atoms with Gasteiger partial charge in [-0.25, -0.2) is 4.98 Å². The molecule has 0 aromatic carbocycles. The molecule has 0 radical (unpaired) electrons. The zero-order chi connectivity index (χ0) is 12.5. The molecule has 3 heterocycles. The molecule has 0 aliphatic carbocycles. The van der Waals surface area contributed by atoms with E-state index in [1.54, 1.807) is 18.7 Å². The molecule has 5 heteroatoms. The molecule has 0 amide bonds. The summed E-state index contributed by atoms with van der Waals surface area (Å²) in [6.07, 6.45) is 5.94. The van der Waals surface area contributed by atoms with Gasteiger partial charge in [0, 0.05) is 18.7 Å². The van der Waals surface area contributed by atoms with Crippen molar-refractivity contribution in [3.05, 3.63) is 42.6 Å². The summed E-state index contributed by atoms with van der Waals surface area (Å²) in [6.45, 7) is 2.10. The highest BCUT2D eigenvalue weighted by Gasteiger charge is 2.15. The number of hydrogen-bond acceptors (Lipinski definition) is 4. The number of nitrogen functional groups attached to an aromatic ring is 1. The highest BCUT2D eigenvalue weighted by atomic mass is 16.3. The first kappa shape index (κ1) is 10.8. The van der Waals surface area contributed by atoms with Crippen LogP contribution in [0.15, 0.2) is 41.3 Å². The molecule has 3 aromatic rings. The van der Waals surface area contributed by atoms with Gasteiger partial charge in [0.05, 0.1) is 18.0 Å². The van der Waals surface area contributed by atoms with Crippen molar-refractivity contribution in [2.75, 3.05) is 5.73 Å². The third-order valence-electron chi connectivity index (χ3n) is 3.04. The SMILES string of the molecule is CC(Cc1ccco1)n1c(N)nc2cnccc21. The average Bonchev–Trinajstić information content (AvgIpc) is 2.94. The van der Waals surface area contributed by atoms with E-state index in [9.17, 15) is 0 Å². The summed E-state index contributed by atoms with van der Waals surface area (Å²) in [7, 11) is 0. The van der Waals surface area contributed by atoms with E-state index < -0.39 is 0 Å². The van der Waals surface area contributed by atoms with Crippen LogP contribution in [-0.4, -0.2) is 14.5 Å². The van der Waals surface area contributed by atoms with E-state index in [2.05, 4.69) is 16.9 Å². The van der Waals surface area contributed by atoms with Gasteiger partial charge in [0.2, 0.25) is 5.95 Å². The fourth-order valence-electron chi connectivity index (χ4n) is 2.24. The van der Waals surface area contributed by atoms with Crippen molar-refractivity contribution < 1.29 is 4.42 Å². The van der Waals surface area contributed by atoms with Gasteiger partial charge >= 0.3 is 0 Å². The number of hydrogen-bond donors (Lipinski definition) is 1. The second-order valence-electron chi connectivity index (χ2n) is 4.34. The summed E-state index contributed by atoms with van der Waals surface area (Å²) < 4.78 is 7.38. The fraction of sp³-hybridized carbons (Fsp3) is 0.231. The Morgan fingerprint density at radius 1 is 1.44 bits per heavy atom. The molecule has 3 rings (SSSR count). The summed E-state index contributed by atoms with van der Waals surface area (Å²) in [6, 6.07) is 5.97. The number of nitrogens with zero attached hydrogens (tertiary/aromatic N) is 3. The normalized spacial score (nSPS) is 12.9. The predicted molar refractivity (Wildman–Crippen MR) is 69.1 cm³/mol. The molecule has 3 aromatic heterocycles. The van der Waals surface area contributed by atoms with Gasteiger partial charge in [0.15, 0.2) is 0 Å². The highest BCUT2D eigenvalue weighted by molar-refractivity contribution is 5.77. The first-order valence-electron chi connectivity index (χ1n) is 5.85. The minimum atomic E-state index is 0.184. The van der Waals surface area contributed by atoms with Crippen LogP contribution in [0, 0.1) is 0 Å². The molecule has 92 valence electrons. The lowest BCUT2D eigenvalue weighted by Crippen LogP contribution is -2.11. The topological polar surface area (TPSA) is 69.9 Å². The third kappa shape index (κ3) is 1.73. The van der Waals surface area contributed by atoms with Crippen LogP contribution in [0.1, 0.15) is 18.7 Å². The maximum Gasteiger partial charge on any atom is 0.201 e. The maximum atomic E-state index is 5.98. The molecule has 0 saturated heterocycles. The molecule has 0 bridgehead atoms. The Labute approximate surface area is 104 Å². The lowest BCUT2D eigenvalue weighted by molar-refractivity contribution is 0.456. The quantitative estimate of drug-likeness (QED) is 0.765. The van der Waals surface area contributed by atoms with Crippen molar-refractivity contribution in [2.24, 2.45) is 0 Å². The number of aromatic nitrogens is 3. The molecule has 1 unspecified atom stereocenters. The van der Waals surface area contributed by atoms with Gasteiger partial charge in [-0.3, -0.25) is 4.98 Å². The molecule has 1 atom stereocenters. The van der Waals surface area contributed by atoms with Gasteiger partial charge in [-0.1, -0.05) is 0 Å². The summed E-state index contributed by atoms with van der Waals surface area (Å²) in [5, 5.41) is 0. The van der Waals surface area contributed by atoms with E-state index in [4.69, 9.17) is 10.2 Å². The number of rotatable bonds is 3. The van der Waals surface area contributed by atoms with Crippen LogP contribution in [0.2, 0.25) is 0 Å². The molecule has 0 aliphatic heterocycles. The van der Waals surface area contributed by atoms with Gasteiger partial charge in [-0.05, 0) is 25.1 Å². The van der Waals surface area contributed by atoms with E-state index in [-0.39, 0.29) is 6.04 Å². The largest absolute Gasteiger partial charge is 0.469 e. The standard InChI is InChI=1S/C13H14N4O/c1-9(7-10-3-2-6-18-10)17-12-4-5-15-8-11(12)16-13(17)14/h2-6,8-9H,7H2,1H3,(H2,14,16). The Balaban J connectivity index is 2.00. The molecule has 2 N–H and O–H groups in total. The number of nitrogens with two attached hydrogens (primary N) is 1. The molecular weight excluding hydrogens is 228 g/mol. The van der Waals surface area contributed by atoms with Crippen LogP contribution in [0.25, 0.3) is 11.0 Å². The summed E-state index contributed by atoms with van der Waals surface area (Å²) >= 11 is 0. The number of fused-ring (bicyclic) bond motifs is 1. The summed E-state index contributed by atoms with van der Waals surface area (Å²) in [5.41, 5.74) is 7.80. The first-order valence-corrected chi connectivity index (χ1v) is 5.85. The molecule has 0 fully saturated rings. The van der Waals surface area contributed by atoms with Crippen LogP contribution in [0.5, 0.6) is 0 Å². The monoisotopic (exact) mass is 242 g/mol. The van der Waals surface area contributed by atoms with E-state index in [1.807, 2.05) is 22.8 Å². The van der Waals surface area contributed by atoms with Crippen molar-refractivity contribution in [1.82, 2.24) is 14.5 Å².